The van der Waals surface area contributed by atoms with Crippen molar-refractivity contribution in [1.82, 2.24) is 15.6 Å². The Kier molecular flexibility index (Phi) is 8.60. The molecular weight excluding hydrogens is 441 g/mol. The first-order valence-corrected chi connectivity index (χ1v) is 12.7. The molecule has 3 aromatic rings. The summed E-state index contributed by atoms with van der Waals surface area (Å²) in [7, 11) is 0. The number of benzene rings is 2. The summed E-state index contributed by atoms with van der Waals surface area (Å²) in [5.41, 5.74) is 5.99. The van der Waals surface area contributed by atoms with Gasteiger partial charge in [0.25, 0.3) is 5.91 Å². The summed E-state index contributed by atoms with van der Waals surface area (Å²) in [5, 5.41) is 12.3. The molecule has 3 rings (SSSR count). The summed E-state index contributed by atoms with van der Waals surface area (Å²) in [6.07, 6.45) is 3.67. The van der Waals surface area contributed by atoms with Gasteiger partial charge in [-0.25, -0.2) is 5.43 Å². The van der Waals surface area contributed by atoms with Crippen molar-refractivity contribution in [2.24, 2.45) is 5.10 Å². The largest absolute Gasteiger partial charge is 0.272 e. The lowest BCUT2D eigenvalue weighted by Gasteiger charge is -1.99. The van der Waals surface area contributed by atoms with Crippen LogP contribution in [-0.4, -0.2) is 34.3 Å². The van der Waals surface area contributed by atoms with E-state index in [-0.39, 0.29) is 11.7 Å². The van der Waals surface area contributed by atoms with Gasteiger partial charge in [0, 0.05) is 10.6 Å². The van der Waals surface area contributed by atoms with E-state index >= 15 is 0 Å². The molecule has 0 bridgehead atoms. The molecule has 1 amide bonds. The zero-order valence-corrected chi connectivity index (χ0v) is 19.3. The Labute approximate surface area is 187 Å². The second-order valence-electron chi connectivity index (χ2n) is 5.96. The van der Waals surface area contributed by atoms with Gasteiger partial charge in [-0.1, -0.05) is 76.8 Å². The van der Waals surface area contributed by atoms with Crippen LogP contribution < -0.4 is 5.43 Å². The maximum atomic E-state index is 12.0. The predicted molar refractivity (Wildman–Crippen MR) is 125 cm³/mol. The second-order valence-corrected chi connectivity index (χ2v) is 10.3. The van der Waals surface area contributed by atoms with Crippen LogP contribution in [0, 0.1) is 6.92 Å². The van der Waals surface area contributed by atoms with Crippen molar-refractivity contribution in [3.8, 4) is 0 Å². The third-order valence-corrected chi connectivity index (χ3v) is 7.72. The molecule has 0 fully saturated rings. The minimum absolute atomic E-state index is 0.170. The Morgan fingerprint density at radius 1 is 1.07 bits per heavy atom. The van der Waals surface area contributed by atoms with E-state index in [9.17, 15) is 4.79 Å². The lowest BCUT2D eigenvalue weighted by atomic mass is 10.2. The normalized spacial score (nSPS) is 11.1. The minimum Gasteiger partial charge on any atom is -0.272 e. The van der Waals surface area contributed by atoms with E-state index in [4.69, 9.17) is 0 Å². The van der Waals surface area contributed by atoms with Crippen molar-refractivity contribution in [3.05, 3.63) is 65.2 Å². The van der Waals surface area contributed by atoms with E-state index < -0.39 is 0 Å². The standard InChI is InChI=1S/C20H20N4OS4/c1-14-3-5-16(6-4-14)12-27-19-23-24-20(29-19)28-13-18(25)22-21-11-15-7-9-17(26-2)10-8-15/h3-11H,12-13H2,1-2H3,(H,22,25)/b21-11+. The predicted octanol–water partition coefficient (Wildman–Crippen LogP) is 5.10. The van der Waals surface area contributed by atoms with Crippen molar-refractivity contribution >= 4 is 58.7 Å². The van der Waals surface area contributed by atoms with Crippen molar-refractivity contribution in [3.63, 3.8) is 0 Å². The highest BCUT2D eigenvalue weighted by molar-refractivity contribution is 8.03. The fraction of sp³-hybridized carbons (Fsp3) is 0.200. The highest BCUT2D eigenvalue weighted by Gasteiger charge is 2.08. The van der Waals surface area contributed by atoms with E-state index in [1.807, 2.05) is 30.5 Å². The van der Waals surface area contributed by atoms with E-state index in [1.165, 1.54) is 39.1 Å². The maximum Gasteiger partial charge on any atom is 0.250 e. The molecule has 0 saturated heterocycles. The number of aryl methyl sites for hydroxylation is 1. The molecule has 1 aromatic heterocycles. The van der Waals surface area contributed by atoms with Crippen LogP contribution in [0.3, 0.4) is 0 Å². The highest BCUT2D eigenvalue weighted by atomic mass is 32.2. The summed E-state index contributed by atoms with van der Waals surface area (Å²) in [4.78, 5) is 13.1. The molecule has 0 saturated carbocycles. The molecule has 0 aliphatic carbocycles. The van der Waals surface area contributed by atoms with Gasteiger partial charge in [-0.05, 0) is 36.4 Å². The summed E-state index contributed by atoms with van der Waals surface area (Å²) in [5.74, 6) is 0.934. The number of carbonyl (C=O) groups excluding carboxylic acids is 1. The fourth-order valence-electron chi connectivity index (χ4n) is 2.17. The number of nitrogens with zero attached hydrogens (tertiary/aromatic N) is 3. The van der Waals surface area contributed by atoms with Crippen LogP contribution in [0.25, 0.3) is 0 Å². The van der Waals surface area contributed by atoms with Crippen LogP contribution in [0.15, 0.2) is 67.2 Å². The van der Waals surface area contributed by atoms with Crippen LogP contribution in [-0.2, 0) is 10.5 Å². The molecule has 0 unspecified atom stereocenters. The first kappa shape index (κ1) is 21.9. The maximum absolute atomic E-state index is 12.0. The summed E-state index contributed by atoms with van der Waals surface area (Å²) in [6.45, 7) is 2.08. The molecule has 1 N–H and O–H groups in total. The van der Waals surface area contributed by atoms with E-state index in [2.05, 4.69) is 51.9 Å². The number of aromatic nitrogens is 2. The van der Waals surface area contributed by atoms with Crippen LogP contribution in [0.1, 0.15) is 16.7 Å². The molecule has 5 nitrogen and oxygen atoms in total. The number of thioether (sulfide) groups is 3. The Morgan fingerprint density at radius 2 is 1.76 bits per heavy atom. The van der Waals surface area contributed by atoms with Crippen LogP contribution in [0.4, 0.5) is 0 Å². The average molecular weight is 461 g/mol. The third kappa shape index (κ3) is 7.50. The van der Waals surface area contributed by atoms with Gasteiger partial charge in [-0.2, -0.15) is 5.10 Å². The van der Waals surface area contributed by atoms with Gasteiger partial charge in [-0.15, -0.1) is 22.0 Å². The van der Waals surface area contributed by atoms with Gasteiger partial charge < -0.3 is 0 Å². The second kappa shape index (κ2) is 11.4. The van der Waals surface area contributed by atoms with Crippen molar-refractivity contribution in [1.29, 1.82) is 0 Å². The summed E-state index contributed by atoms with van der Waals surface area (Å²) in [6, 6.07) is 16.4. The monoisotopic (exact) mass is 460 g/mol. The van der Waals surface area contributed by atoms with Gasteiger partial charge in [0.05, 0.1) is 12.0 Å². The number of amides is 1. The van der Waals surface area contributed by atoms with E-state index in [0.717, 1.165) is 20.0 Å². The number of hydrazone groups is 1. The van der Waals surface area contributed by atoms with Gasteiger partial charge in [0.15, 0.2) is 8.68 Å². The smallest absolute Gasteiger partial charge is 0.250 e. The molecule has 0 aliphatic heterocycles. The lowest BCUT2D eigenvalue weighted by molar-refractivity contribution is -0.118. The Morgan fingerprint density at radius 3 is 2.45 bits per heavy atom. The average Bonchev–Trinajstić information content (AvgIpc) is 3.20. The summed E-state index contributed by atoms with van der Waals surface area (Å²) >= 11 is 6.21. The fourth-order valence-corrected chi connectivity index (χ4v) is 5.35. The first-order valence-electron chi connectivity index (χ1n) is 8.73. The SMILES string of the molecule is CSc1ccc(/C=N/NC(=O)CSc2nnc(SCc3ccc(C)cc3)s2)cc1. The quantitative estimate of drug-likeness (QED) is 0.272. The third-order valence-electron chi connectivity index (χ3n) is 3.72. The molecule has 0 aliphatic rings. The Balaban J connectivity index is 1.39. The molecule has 2 aromatic carbocycles. The molecule has 1 heterocycles. The van der Waals surface area contributed by atoms with Crippen LogP contribution in [0.5, 0.6) is 0 Å². The molecule has 0 atom stereocenters. The van der Waals surface area contributed by atoms with Crippen molar-refractivity contribution in [2.75, 3.05) is 12.0 Å². The molecule has 29 heavy (non-hydrogen) atoms. The van der Waals surface area contributed by atoms with E-state index in [1.54, 1.807) is 29.7 Å². The van der Waals surface area contributed by atoms with Gasteiger partial charge in [-0.3, -0.25) is 4.79 Å². The molecule has 0 spiro atoms. The first-order chi connectivity index (χ1) is 14.1. The number of rotatable bonds is 9. The number of hydrogen-bond donors (Lipinski definition) is 1. The summed E-state index contributed by atoms with van der Waals surface area (Å²) < 4.78 is 1.68. The number of carbonyl (C=O) groups is 1. The minimum atomic E-state index is -0.170. The van der Waals surface area contributed by atoms with Gasteiger partial charge in [0.2, 0.25) is 0 Å². The Hall–Kier alpha value is -1.81. The van der Waals surface area contributed by atoms with Crippen LogP contribution >= 0.6 is 46.6 Å². The van der Waals surface area contributed by atoms with Crippen molar-refractivity contribution < 1.29 is 4.79 Å². The van der Waals surface area contributed by atoms with Crippen LogP contribution in [0.2, 0.25) is 0 Å². The topological polar surface area (TPSA) is 67.2 Å². The van der Waals surface area contributed by atoms with Gasteiger partial charge >= 0.3 is 0 Å². The zero-order chi connectivity index (χ0) is 20.5. The number of nitrogens with one attached hydrogen (secondary N) is 1. The molecule has 150 valence electrons. The lowest BCUT2D eigenvalue weighted by Crippen LogP contribution is -2.19. The van der Waals surface area contributed by atoms with Crippen molar-refractivity contribution in [2.45, 2.75) is 26.3 Å². The highest BCUT2D eigenvalue weighted by Crippen LogP contribution is 2.30. The number of hydrogen-bond acceptors (Lipinski definition) is 8. The van der Waals surface area contributed by atoms with E-state index in [0.29, 0.717) is 0 Å². The zero-order valence-electron chi connectivity index (χ0n) is 16.0. The molecular formula is C20H20N4OS4. The molecule has 0 radical (unpaired) electrons. The Bertz CT molecular complexity index is 955. The van der Waals surface area contributed by atoms with Gasteiger partial charge in [0.1, 0.15) is 0 Å². The molecule has 9 heteroatoms.